The Morgan fingerprint density at radius 2 is 2.10 bits per heavy atom. The highest BCUT2D eigenvalue weighted by Gasteiger charge is 2.20. The van der Waals surface area contributed by atoms with E-state index in [1.54, 1.807) is 18.2 Å². The molecule has 1 atom stereocenters. The van der Waals surface area contributed by atoms with Crippen LogP contribution in [0, 0.1) is 0 Å². The number of amides is 1. The number of nitrogens with zero attached hydrogens (tertiary/aromatic N) is 4. The number of allylic oxidation sites excluding steroid dienone is 1. The molecule has 1 aromatic carbocycles. The Balaban J connectivity index is 1.65. The normalized spacial score (nSPS) is 11.7. The van der Waals surface area contributed by atoms with Crippen molar-refractivity contribution in [2.24, 2.45) is 0 Å². The molecule has 156 valence electrons. The van der Waals surface area contributed by atoms with Crippen LogP contribution in [0.25, 0.3) is 0 Å². The molecule has 0 aliphatic heterocycles. The highest BCUT2D eigenvalue weighted by Crippen LogP contribution is 2.26. The lowest BCUT2D eigenvalue weighted by Gasteiger charge is -2.15. The zero-order valence-corrected chi connectivity index (χ0v) is 19.2. The third-order valence-electron chi connectivity index (χ3n) is 3.87. The van der Waals surface area contributed by atoms with Gasteiger partial charge >= 0.3 is 0 Å². The molecule has 3 rings (SSSR count). The third-order valence-corrected chi connectivity index (χ3v) is 5.59. The number of hydrogen-bond donors (Lipinski definition) is 1. The van der Waals surface area contributed by atoms with Gasteiger partial charge in [0.1, 0.15) is 11.6 Å². The molecule has 1 N–H and O–H groups in total. The molecule has 2 heterocycles. The maximum Gasteiger partial charge on any atom is 0.236 e. The Morgan fingerprint density at radius 3 is 2.77 bits per heavy atom. The molecule has 1 unspecified atom stereocenters. The molecule has 10 heteroatoms. The number of benzene rings is 1. The van der Waals surface area contributed by atoms with Gasteiger partial charge < -0.3 is 10.1 Å². The van der Waals surface area contributed by atoms with E-state index < -0.39 is 0 Å². The van der Waals surface area contributed by atoms with Gasteiger partial charge in [0.25, 0.3) is 0 Å². The Bertz CT molecular complexity index is 1010. The Kier molecular flexibility index (Phi) is 7.89. The summed E-state index contributed by atoms with van der Waals surface area (Å²) < 4.78 is 8.84. The first kappa shape index (κ1) is 22.3. The van der Waals surface area contributed by atoms with Gasteiger partial charge in [-0.3, -0.25) is 9.36 Å². The molecule has 30 heavy (non-hydrogen) atoms. The van der Waals surface area contributed by atoms with E-state index in [0.29, 0.717) is 28.4 Å². The van der Waals surface area contributed by atoms with Crippen LogP contribution in [0.15, 0.2) is 64.9 Å². The van der Waals surface area contributed by atoms with E-state index in [4.69, 9.17) is 16.3 Å². The fraction of sp³-hybridized carbons (Fsp3) is 0.200. The van der Waals surface area contributed by atoms with E-state index in [0.717, 1.165) is 10.2 Å². The smallest absolute Gasteiger partial charge is 0.236 e. The van der Waals surface area contributed by atoms with Gasteiger partial charge in [0.2, 0.25) is 5.91 Å². The minimum Gasteiger partial charge on any atom is -0.483 e. The first-order valence-electron chi connectivity index (χ1n) is 8.96. The van der Waals surface area contributed by atoms with Gasteiger partial charge in [-0.15, -0.1) is 16.8 Å². The lowest BCUT2D eigenvalue weighted by molar-refractivity contribution is -0.113. The van der Waals surface area contributed by atoms with Crippen molar-refractivity contribution in [1.82, 2.24) is 19.7 Å². The van der Waals surface area contributed by atoms with Gasteiger partial charge in [-0.05, 0) is 43.3 Å². The molecular weight excluding hydrogens is 490 g/mol. The Hall–Kier alpha value is -2.36. The maximum atomic E-state index is 12.2. The maximum absolute atomic E-state index is 12.2. The summed E-state index contributed by atoms with van der Waals surface area (Å²) in [6.07, 6.45) is 2.89. The molecule has 0 aliphatic rings. The second-order valence-electron chi connectivity index (χ2n) is 6.15. The first-order valence-corrected chi connectivity index (χ1v) is 11.1. The molecular formula is C20H19BrClN5O2S. The van der Waals surface area contributed by atoms with Crippen molar-refractivity contribution in [3.8, 4) is 5.75 Å². The van der Waals surface area contributed by atoms with Crippen LogP contribution in [-0.2, 0) is 11.3 Å². The zero-order valence-electron chi connectivity index (χ0n) is 16.1. The van der Waals surface area contributed by atoms with Crippen molar-refractivity contribution in [3.05, 3.63) is 70.6 Å². The number of carbonyl (C=O) groups excluding carboxylic acids is 1. The van der Waals surface area contributed by atoms with Gasteiger partial charge in [-0.2, -0.15) is 0 Å². The van der Waals surface area contributed by atoms with Crippen LogP contribution in [0.5, 0.6) is 5.75 Å². The number of rotatable bonds is 9. The van der Waals surface area contributed by atoms with Crippen LogP contribution in [-0.4, -0.2) is 31.4 Å². The number of pyridine rings is 1. The fourth-order valence-electron chi connectivity index (χ4n) is 2.54. The second kappa shape index (κ2) is 10.6. The number of thioether (sulfide) groups is 1. The average Bonchev–Trinajstić information content (AvgIpc) is 3.13. The zero-order chi connectivity index (χ0) is 21.5. The summed E-state index contributed by atoms with van der Waals surface area (Å²) in [7, 11) is 0. The van der Waals surface area contributed by atoms with E-state index in [-0.39, 0.29) is 17.8 Å². The molecule has 0 saturated heterocycles. The van der Waals surface area contributed by atoms with Crippen LogP contribution >= 0.6 is 39.3 Å². The summed E-state index contributed by atoms with van der Waals surface area (Å²) in [5.41, 5.74) is 0. The van der Waals surface area contributed by atoms with E-state index in [1.807, 2.05) is 35.8 Å². The van der Waals surface area contributed by atoms with Crippen molar-refractivity contribution in [2.75, 3.05) is 11.1 Å². The predicted molar refractivity (Wildman–Crippen MR) is 122 cm³/mol. The molecule has 2 aromatic heterocycles. The summed E-state index contributed by atoms with van der Waals surface area (Å²) in [4.78, 5) is 16.3. The van der Waals surface area contributed by atoms with Crippen LogP contribution in [0.4, 0.5) is 5.82 Å². The Morgan fingerprint density at radius 1 is 1.33 bits per heavy atom. The summed E-state index contributed by atoms with van der Waals surface area (Å²) in [6, 6.07) is 10.9. The van der Waals surface area contributed by atoms with Gasteiger partial charge in [0.05, 0.1) is 10.8 Å². The minimum atomic E-state index is -0.333. The van der Waals surface area contributed by atoms with Crippen LogP contribution in [0.1, 0.15) is 18.9 Å². The lowest BCUT2D eigenvalue weighted by atomic mass is 10.3. The molecule has 3 aromatic rings. The molecule has 0 spiro atoms. The number of aromatic nitrogens is 4. The molecule has 0 radical (unpaired) electrons. The monoisotopic (exact) mass is 507 g/mol. The molecule has 1 amide bonds. The number of anilines is 1. The van der Waals surface area contributed by atoms with Gasteiger partial charge in [0, 0.05) is 17.2 Å². The minimum absolute atomic E-state index is 0.154. The molecule has 0 bridgehead atoms. The van der Waals surface area contributed by atoms with E-state index in [9.17, 15) is 4.79 Å². The van der Waals surface area contributed by atoms with Crippen molar-refractivity contribution in [2.45, 2.75) is 24.7 Å². The summed E-state index contributed by atoms with van der Waals surface area (Å²) in [6.45, 7) is 6.20. The lowest BCUT2D eigenvalue weighted by Crippen LogP contribution is -2.16. The quantitative estimate of drug-likeness (QED) is 0.318. The molecule has 0 saturated carbocycles. The van der Waals surface area contributed by atoms with E-state index in [1.165, 1.54) is 18.0 Å². The third kappa shape index (κ3) is 6.07. The number of ether oxygens (including phenoxy) is 1. The van der Waals surface area contributed by atoms with E-state index in [2.05, 4.69) is 43.0 Å². The van der Waals surface area contributed by atoms with Gasteiger partial charge in [-0.25, -0.2) is 4.98 Å². The largest absolute Gasteiger partial charge is 0.483 e. The first-order chi connectivity index (χ1) is 14.5. The molecule has 0 aliphatic carbocycles. The fourth-order valence-corrected chi connectivity index (χ4v) is 3.67. The topological polar surface area (TPSA) is 81.9 Å². The molecule has 7 nitrogen and oxygen atoms in total. The predicted octanol–water partition coefficient (Wildman–Crippen LogP) is 5.15. The van der Waals surface area contributed by atoms with Crippen molar-refractivity contribution in [3.63, 3.8) is 0 Å². The highest BCUT2D eigenvalue weighted by atomic mass is 79.9. The second-order valence-corrected chi connectivity index (χ2v) is 8.45. The summed E-state index contributed by atoms with van der Waals surface area (Å²) in [5.74, 6) is 1.77. The van der Waals surface area contributed by atoms with Crippen molar-refractivity contribution >= 4 is 51.0 Å². The Labute approximate surface area is 192 Å². The summed E-state index contributed by atoms with van der Waals surface area (Å²) in [5, 5.41) is 12.3. The van der Waals surface area contributed by atoms with Gasteiger partial charge in [0.15, 0.2) is 17.1 Å². The average molecular weight is 509 g/mol. The van der Waals surface area contributed by atoms with Crippen LogP contribution < -0.4 is 10.1 Å². The van der Waals surface area contributed by atoms with Gasteiger partial charge in [-0.1, -0.05) is 45.4 Å². The standard InChI is InChI=1S/C20H19BrClN5O2S/c1-3-10-27-19(13(2)29-16-7-4-14(21)5-8-16)25-26-20(27)30-12-18(28)24-17-9-6-15(22)11-23-17/h3-9,11,13H,1,10,12H2,2H3,(H,23,24,28). The summed E-state index contributed by atoms with van der Waals surface area (Å²) >= 11 is 10.5. The number of hydrogen-bond acceptors (Lipinski definition) is 6. The highest BCUT2D eigenvalue weighted by molar-refractivity contribution is 9.10. The van der Waals surface area contributed by atoms with Crippen molar-refractivity contribution < 1.29 is 9.53 Å². The SMILES string of the molecule is C=CCn1c(SCC(=O)Nc2ccc(Cl)cn2)nnc1C(C)Oc1ccc(Br)cc1. The molecule has 0 fully saturated rings. The van der Waals surface area contributed by atoms with Crippen molar-refractivity contribution in [1.29, 1.82) is 0 Å². The van der Waals surface area contributed by atoms with Crippen LogP contribution in [0.2, 0.25) is 5.02 Å². The number of halogens is 2. The van der Waals surface area contributed by atoms with E-state index >= 15 is 0 Å². The number of carbonyl (C=O) groups is 1. The number of nitrogens with one attached hydrogen (secondary N) is 1. The van der Waals surface area contributed by atoms with Crippen LogP contribution in [0.3, 0.4) is 0 Å².